The number of hydrogen-bond donors (Lipinski definition) is 0. The summed E-state index contributed by atoms with van der Waals surface area (Å²) >= 11 is 3.59. The molecule has 1 fully saturated rings. The number of Topliss-reactive ketones (excluding diaryl/α,β-unsaturated/α-hetero) is 1. The second kappa shape index (κ2) is 8.04. The highest BCUT2D eigenvalue weighted by molar-refractivity contribution is 9.10. The molecule has 0 N–H and O–H groups in total. The van der Waals surface area contributed by atoms with Crippen molar-refractivity contribution in [2.75, 3.05) is 19.6 Å². The highest BCUT2D eigenvalue weighted by atomic mass is 79.9. The lowest BCUT2D eigenvalue weighted by Gasteiger charge is -2.31. The van der Waals surface area contributed by atoms with Gasteiger partial charge < -0.3 is 4.90 Å². The lowest BCUT2D eigenvalue weighted by atomic mass is 9.89. The topological polar surface area (TPSA) is 20.3 Å². The number of piperidine rings is 1. The van der Waals surface area contributed by atoms with E-state index in [-0.39, 0.29) is 17.5 Å². The van der Waals surface area contributed by atoms with Gasteiger partial charge in [0.25, 0.3) is 0 Å². The molecule has 1 saturated heterocycles. The van der Waals surface area contributed by atoms with Crippen molar-refractivity contribution in [1.82, 2.24) is 4.90 Å². The van der Waals surface area contributed by atoms with E-state index in [1.807, 2.05) is 6.07 Å². The summed E-state index contributed by atoms with van der Waals surface area (Å²) in [4.78, 5) is 14.9. The molecule has 0 radical (unpaired) electrons. The van der Waals surface area contributed by atoms with E-state index in [0.717, 1.165) is 43.4 Å². The van der Waals surface area contributed by atoms with Crippen molar-refractivity contribution in [2.24, 2.45) is 5.92 Å². The average Bonchev–Trinajstić information content (AvgIpc) is 2.62. The fourth-order valence-corrected chi connectivity index (χ4v) is 3.73. The van der Waals surface area contributed by atoms with Gasteiger partial charge in [0.05, 0.1) is 0 Å². The molecule has 1 aliphatic rings. The molecule has 2 aromatic rings. The van der Waals surface area contributed by atoms with Gasteiger partial charge in [-0.1, -0.05) is 34.1 Å². The first kappa shape index (κ1) is 17.3. The van der Waals surface area contributed by atoms with Crippen molar-refractivity contribution in [2.45, 2.75) is 19.3 Å². The zero-order valence-electron chi connectivity index (χ0n) is 13.6. The van der Waals surface area contributed by atoms with Gasteiger partial charge in [-0.2, -0.15) is 0 Å². The molecule has 0 atom stereocenters. The van der Waals surface area contributed by atoms with E-state index in [1.54, 1.807) is 12.1 Å². The molecule has 0 bridgehead atoms. The number of benzene rings is 2. The van der Waals surface area contributed by atoms with Crippen LogP contribution >= 0.6 is 15.9 Å². The summed E-state index contributed by atoms with van der Waals surface area (Å²) in [7, 11) is 0. The second-order valence-electron chi connectivity index (χ2n) is 6.33. The lowest BCUT2D eigenvalue weighted by molar-refractivity contribution is 0.0841. The molecule has 0 aliphatic carbocycles. The van der Waals surface area contributed by atoms with Crippen LogP contribution in [0.5, 0.6) is 0 Å². The summed E-state index contributed by atoms with van der Waals surface area (Å²) in [5, 5.41) is 0. The molecule has 0 saturated carbocycles. The number of halogens is 2. The minimum absolute atomic E-state index is 0.0650. The summed E-state index contributed by atoms with van der Waals surface area (Å²) in [5.74, 6) is -0.0796. The Labute approximate surface area is 150 Å². The Morgan fingerprint density at radius 2 is 1.75 bits per heavy atom. The Morgan fingerprint density at radius 3 is 2.42 bits per heavy atom. The van der Waals surface area contributed by atoms with Crippen LogP contribution in [0.1, 0.15) is 28.8 Å². The zero-order chi connectivity index (χ0) is 16.9. The fraction of sp³-hybridized carbons (Fsp3) is 0.350. The molecule has 4 heteroatoms. The molecule has 3 rings (SSSR count). The molecule has 126 valence electrons. The Morgan fingerprint density at radius 1 is 1.08 bits per heavy atom. The smallest absolute Gasteiger partial charge is 0.166 e. The van der Waals surface area contributed by atoms with Crippen LogP contribution in [0.2, 0.25) is 0 Å². The van der Waals surface area contributed by atoms with Crippen molar-refractivity contribution in [1.29, 1.82) is 0 Å². The van der Waals surface area contributed by atoms with Crippen LogP contribution in [0, 0.1) is 11.7 Å². The molecular formula is C20H21BrFNO. The van der Waals surface area contributed by atoms with E-state index < -0.39 is 0 Å². The number of likely N-dealkylation sites (tertiary alicyclic amines) is 1. The average molecular weight is 390 g/mol. The van der Waals surface area contributed by atoms with E-state index in [0.29, 0.717) is 5.56 Å². The van der Waals surface area contributed by atoms with Gasteiger partial charge in [0.2, 0.25) is 0 Å². The Balaban J connectivity index is 1.49. The number of carbonyl (C=O) groups excluding carboxylic acids is 1. The normalized spacial score (nSPS) is 16.2. The monoisotopic (exact) mass is 389 g/mol. The zero-order valence-corrected chi connectivity index (χ0v) is 15.1. The Bertz CT molecular complexity index is 693. The second-order valence-corrected chi connectivity index (χ2v) is 7.18. The standard InChI is InChI=1S/C20H21BrFNO/c21-19-4-2-1-3-15(19)9-12-23-13-10-17(11-14-23)20(24)16-5-7-18(22)8-6-16/h1-8,17H,9-14H2. The molecule has 1 aliphatic heterocycles. The predicted octanol–water partition coefficient (Wildman–Crippen LogP) is 4.73. The lowest BCUT2D eigenvalue weighted by Crippen LogP contribution is -2.37. The van der Waals surface area contributed by atoms with Crippen molar-refractivity contribution in [3.8, 4) is 0 Å². The molecule has 0 amide bonds. The van der Waals surface area contributed by atoms with Gasteiger partial charge in [-0.15, -0.1) is 0 Å². The van der Waals surface area contributed by atoms with Crippen LogP contribution in [0.4, 0.5) is 4.39 Å². The summed E-state index contributed by atoms with van der Waals surface area (Å²) < 4.78 is 14.1. The maximum absolute atomic E-state index is 13.0. The van der Waals surface area contributed by atoms with E-state index in [9.17, 15) is 9.18 Å². The van der Waals surface area contributed by atoms with Crippen LogP contribution in [0.25, 0.3) is 0 Å². The highest BCUT2D eigenvalue weighted by Crippen LogP contribution is 2.23. The SMILES string of the molecule is O=C(c1ccc(F)cc1)C1CCN(CCc2ccccc2Br)CC1. The number of ketones is 1. The molecule has 0 unspecified atom stereocenters. The largest absolute Gasteiger partial charge is 0.303 e. The van der Waals surface area contributed by atoms with Crippen molar-refractivity contribution >= 4 is 21.7 Å². The van der Waals surface area contributed by atoms with Crippen LogP contribution in [-0.4, -0.2) is 30.3 Å². The molecule has 24 heavy (non-hydrogen) atoms. The fourth-order valence-electron chi connectivity index (χ4n) is 3.25. The quantitative estimate of drug-likeness (QED) is 0.689. The van der Waals surface area contributed by atoms with Gasteiger partial charge in [0.1, 0.15) is 5.82 Å². The first-order valence-corrected chi connectivity index (χ1v) is 9.18. The maximum atomic E-state index is 13.0. The third-order valence-corrected chi connectivity index (χ3v) is 5.52. The molecular weight excluding hydrogens is 369 g/mol. The van der Waals surface area contributed by atoms with Gasteiger partial charge in [-0.3, -0.25) is 4.79 Å². The molecule has 2 nitrogen and oxygen atoms in total. The maximum Gasteiger partial charge on any atom is 0.166 e. The minimum Gasteiger partial charge on any atom is -0.303 e. The van der Waals surface area contributed by atoms with Crippen molar-refractivity contribution < 1.29 is 9.18 Å². The van der Waals surface area contributed by atoms with Crippen LogP contribution in [0.15, 0.2) is 53.0 Å². The Hall–Kier alpha value is -1.52. The van der Waals surface area contributed by atoms with Gasteiger partial charge in [0.15, 0.2) is 5.78 Å². The molecule has 0 aromatic heterocycles. The van der Waals surface area contributed by atoms with E-state index in [4.69, 9.17) is 0 Å². The van der Waals surface area contributed by atoms with E-state index >= 15 is 0 Å². The number of nitrogens with zero attached hydrogens (tertiary/aromatic N) is 1. The third-order valence-electron chi connectivity index (χ3n) is 4.74. The van der Waals surface area contributed by atoms with Crippen LogP contribution < -0.4 is 0 Å². The highest BCUT2D eigenvalue weighted by Gasteiger charge is 2.25. The van der Waals surface area contributed by atoms with Gasteiger partial charge >= 0.3 is 0 Å². The number of rotatable bonds is 5. The van der Waals surface area contributed by atoms with Crippen molar-refractivity contribution in [3.63, 3.8) is 0 Å². The summed E-state index contributed by atoms with van der Waals surface area (Å²) in [6.07, 6.45) is 2.77. The first-order chi connectivity index (χ1) is 11.6. The van der Waals surface area contributed by atoms with Gasteiger partial charge in [0, 0.05) is 22.5 Å². The predicted molar refractivity (Wildman–Crippen MR) is 97.7 cm³/mol. The third kappa shape index (κ3) is 4.31. The minimum atomic E-state index is -0.298. The van der Waals surface area contributed by atoms with Crippen LogP contribution in [-0.2, 0) is 6.42 Å². The summed E-state index contributed by atoms with van der Waals surface area (Å²) in [6, 6.07) is 14.2. The van der Waals surface area contributed by atoms with Gasteiger partial charge in [-0.25, -0.2) is 4.39 Å². The molecule has 2 aromatic carbocycles. The van der Waals surface area contributed by atoms with Crippen LogP contribution in [0.3, 0.4) is 0 Å². The van der Waals surface area contributed by atoms with E-state index in [2.05, 4.69) is 39.0 Å². The molecule has 0 spiro atoms. The van der Waals surface area contributed by atoms with Crippen molar-refractivity contribution in [3.05, 3.63) is 69.9 Å². The Kier molecular flexibility index (Phi) is 5.80. The number of carbonyl (C=O) groups is 1. The van der Waals surface area contributed by atoms with Gasteiger partial charge in [-0.05, 0) is 68.2 Å². The first-order valence-electron chi connectivity index (χ1n) is 8.39. The molecule has 1 heterocycles. The summed E-state index contributed by atoms with van der Waals surface area (Å²) in [5.41, 5.74) is 1.95. The van der Waals surface area contributed by atoms with E-state index in [1.165, 1.54) is 17.7 Å². The summed E-state index contributed by atoms with van der Waals surface area (Å²) in [6.45, 7) is 2.91. The number of hydrogen-bond acceptors (Lipinski definition) is 2.